The number of fused-ring (bicyclic) bond motifs is 1. The number of ether oxygens (including phenoxy) is 1. The Kier molecular flexibility index (Phi) is 7.25. The number of benzene rings is 1. The second-order valence-electron chi connectivity index (χ2n) is 6.32. The summed E-state index contributed by atoms with van der Waals surface area (Å²) < 4.78 is 4.98. The van der Waals surface area contributed by atoms with E-state index in [1.54, 1.807) is 11.8 Å². The molecule has 1 amide bonds. The summed E-state index contributed by atoms with van der Waals surface area (Å²) in [6.45, 7) is 5.48. The van der Waals surface area contributed by atoms with Gasteiger partial charge < -0.3 is 19.6 Å². The van der Waals surface area contributed by atoms with Gasteiger partial charge in [-0.05, 0) is 25.0 Å². The number of aliphatic hydroxyl groups excluding tert-OH is 1. The van der Waals surface area contributed by atoms with Crippen molar-refractivity contribution in [3.63, 3.8) is 0 Å². The fourth-order valence-corrected chi connectivity index (χ4v) is 3.13. The molecule has 1 aliphatic rings. The van der Waals surface area contributed by atoms with Gasteiger partial charge >= 0.3 is 5.97 Å². The quantitative estimate of drug-likeness (QED) is 0.763. The van der Waals surface area contributed by atoms with Crippen LogP contribution in [0.1, 0.15) is 38.7 Å². The van der Waals surface area contributed by atoms with Gasteiger partial charge in [0.1, 0.15) is 6.54 Å². The Labute approximate surface area is 149 Å². The molecular weight excluding hydrogens is 320 g/mol. The summed E-state index contributed by atoms with van der Waals surface area (Å²) in [6, 6.07) is 7.85. The molecule has 0 spiro atoms. The largest absolute Gasteiger partial charge is 0.465 e. The first-order chi connectivity index (χ1) is 12.0. The fourth-order valence-electron chi connectivity index (χ4n) is 3.13. The first-order valence-electron chi connectivity index (χ1n) is 8.99. The molecule has 0 aliphatic carbocycles. The second-order valence-corrected chi connectivity index (χ2v) is 6.32. The van der Waals surface area contributed by atoms with Gasteiger partial charge in [-0.2, -0.15) is 0 Å². The molecule has 1 heterocycles. The van der Waals surface area contributed by atoms with E-state index in [4.69, 9.17) is 4.74 Å². The minimum Gasteiger partial charge on any atom is -0.465 e. The molecule has 0 aromatic heterocycles. The number of para-hydroxylation sites is 1. The molecule has 1 unspecified atom stereocenters. The average Bonchev–Trinajstić information content (AvgIpc) is 2.57. The maximum absolute atomic E-state index is 12.5. The van der Waals surface area contributed by atoms with E-state index >= 15 is 0 Å². The summed E-state index contributed by atoms with van der Waals surface area (Å²) in [5.41, 5.74) is 1.99. The number of hydrogen-bond acceptors (Lipinski definition) is 5. The van der Waals surface area contributed by atoms with E-state index in [0.717, 1.165) is 24.1 Å². The highest BCUT2D eigenvalue weighted by molar-refractivity contribution is 5.83. The highest BCUT2D eigenvalue weighted by atomic mass is 16.5. The number of rotatable bonds is 7. The van der Waals surface area contributed by atoms with Crippen LogP contribution in [0.15, 0.2) is 24.3 Å². The number of β-amino-alcohol motifs (C(OH)–C–C–N with tert-alkyl or cyclic N) is 1. The molecule has 25 heavy (non-hydrogen) atoms. The molecule has 0 fully saturated rings. The van der Waals surface area contributed by atoms with Crippen molar-refractivity contribution in [3.8, 4) is 0 Å². The van der Waals surface area contributed by atoms with E-state index in [0.29, 0.717) is 32.7 Å². The topological polar surface area (TPSA) is 70.1 Å². The van der Waals surface area contributed by atoms with Gasteiger partial charge in [-0.1, -0.05) is 31.5 Å². The van der Waals surface area contributed by atoms with Gasteiger partial charge in [-0.25, -0.2) is 0 Å². The molecular formula is C19H28N2O4. The van der Waals surface area contributed by atoms with Crippen LogP contribution in [0.4, 0.5) is 5.69 Å². The van der Waals surface area contributed by atoms with Gasteiger partial charge in [-0.15, -0.1) is 0 Å². The standard InChI is InChI=1S/C19H28N2O4/c1-3-7-16(22)13-20-11-10-18(23)21(14-19(24)25-4-2)12-15-8-5-6-9-17(15)20/h5-6,8-9,16,22H,3-4,7,10-14H2,1-2H3. The van der Waals surface area contributed by atoms with Gasteiger partial charge in [0.05, 0.1) is 12.7 Å². The second kappa shape index (κ2) is 9.42. The number of hydrogen-bond donors (Lipinski definition) is 1. The van der Waals surface area contributed by atoms with Crippen LogP contribution in [-0.2, 0) is 20.9 Å². The van der Waals surface area contributed by atoms with E-state index in [1.165, 1.54) is 0 Å². The predicted molar refractivity (Wildman–Crippen MR) is 96.2 cm³/mol. The fraction of sp³-hybridized carbons (Fsp3) is 0.579. The van der Waals surface area contributed by atoms with Crippen LogP contribution >= 0.6 is 0 Å². The van der Waals surface area contributed by atoms with Gasteiger partial charge in [0.25, 0.3) is 0 Å². The van der Waals surface area contributed by atoms with E-state index in [9.17, 15) is 14.7 Å². The Hall–Kier alpha value is -2.08. The van der Waals surface area contributed by atoms with Crippen LogP contribution in [0.3, 0.4) is 0 Å². The van der Waals surface area contributed by atoms with E-state index in [2.05, 4.69) is 4.90 Å². The molecule has 1 aliphatic heterocycles. The van der Waals surface area contributed by atoms with E-state index in [1.807, 2.05) is 31.2 Å². The molecule has 0 saturated carbocycles. The Morgan fingerprint density at radius 1 is 1.28 bits per heavy atom. The smallest absolute Gasteiger partial charge is 0.325 e. The Morgan fingerprint density at radius 3 is 2.76 bits per heavy atom. The van der Waals surface area contributed by atoms with Gasteiger partial charge in [-0.3, -0.25) is 9.59 Å². The summed E-state index contributed by atoms with van der Waals surface area (Å²) in [5.74, 6) is -0.457. The van der Waals surface area contributed by atoms with Crippen molar-refractivity contribution in [3.05, 3.63) is 29.8 Å². The SMILES string of the molecule is CCCC(O)CN1CCC(=O)N(CC(=O)OCC)Cc2ccccc21. The Bertz CT molecular complexity index is 591. The Morgan fingerprint density at radius 2 is 2.04 bits per heavy atom. The minimum atomic E-state index is -0.414. The van der Waals surface area contributed by atoms with Crippen LogP contribution in [0.25, 0.3) is 0 Å². The van der Waals surface area contributed by atoms with Crippen LogP contribution in [0.5, 0.6) is 0 Å². The number of esters is 1. The zero-order chi connectivity index (χ0) is 18.2. The van der Waals surface area contributed by atoms with Crippen LogP contribution in [-0.4, -0.2) is 54.2 Å². The Balaban J connectivity index is 2.19. The third-order valence-electron chi connectivity index (χ3n) is 4.32. The van der Waals surface area contributed by atoms with E-state index < -0.39 is 6.10 Å². The van der Waals surface area contributed by atoms with Crippen LogP contribution < -0.4 is 4.90 Å². The molecule has 1 aromatic rings. The predicted octanol–water partition coefficient (Wildman–Crippen LogP) is 1.95. The molecule has 1 atom stereocenters. The van der Waals surface area contributed by atoms with Crippen molar-refractivity contribution >= 4 is 17.6 Å². The zero-order valence-corrected chi connectivity index (χ0v) is 15.1. The number of carbonyl (C=O) groups excluding carboxylic acids is 2. The molecule has 1 N–H and O–H groups in total. The number of anilines is 1. The first kappa shape index (κ1) is 19.2. The van der Waals surface area contributed by atoms with Crippen LogP contribution in [0, 0.1) is 0 Å². The average molecular weight is 348 g/mol. The van der Waals surface area contributed by atoms with E-state index in [-0.39, 0.29) is 18.4 Å². The molecule has 0 radical (unpaired) electrons. The molecule has 138 valence electrons. The van der Waals surface area contributed by atoms with Gasteiger partial charge in [0.2, 0.25) is 5.91 Å². The normalized spacial score (nSPS) is 16.0. The molecule has 6 nitrogen and oxygen atoms in total. The van der Waals surface area contributed by atoms with Crippen molar-refractivity contribution in [2.45, 2.75) is 45.8 Å². The van der Waals surface area contributed by atoms with Gasteiger partial charge in [0.15, 0.2) is 0 Å². The molecule has 6 heteroatoms. The monoisotopic (exact) mass is 348 g/mol. The van der Waals surface area contributed by atoms with Crippen molar-refractivity contribution in [1.82, 2.24) is 4.90 Å². The molecule has 0 bridgehead atoms. The lowest BCUT2D eigenvalue weighted by atomic mass is 10.1. The summed E-state index contributed by atoms with van der Waals surface area (Å²) in [6.07, 6.45) is 1.56. The first-order valence-corrected chi connectivity index (χ1v) is 8.99. The highest BCUT2D eigenvalue weighted by Crippen LogP contribution is 2.25. The lowest BCUT2D eigenvalue weighted by Crippen LogP contribution is -2.42. The zero-order valence-electron chi connectivity index (χ0n) is 15.1. The van der Waals surface area contributed by atoms with Crippen LogP contribution in [0.2, 0.25) is 0 Å². The molecule has 2 rings (SSSR count). The summed E-state index contributed by atoms with van der Waals surface area (Å²) >= 11 is 0. The minimum absolute atomic E-state index is 0.0283. The maximum Gasteiger partial charge on any atom is 0.325 e. The highest BCUT2D eigenvalue weighted by Gasteiger charge is 2.25. The van der Waals surface area contributed by atoms with Crippen molar-refractivity contribution in [1.29, 1.82) is 0 Å². The summed E-state index contributed by atoms with van der Waals surface area (Å²) in [7, 11) is 0. The number of carbonyl (C=O) groups is 2. The van der Waals surface area contributed by atoms with Crippen molar-refractivity contribution < 1.29 is 19.4 Å². The number of amides is 1. The summed E-state index contributed by atoms with van der Waals surface area (Å²) in [4.78, 5) is 27.9. The lowest BCUT2D eigenvalue weighted by molar-refractivity contribution is -0.149. The summed E-state index contributed by atoms with van der Waals surface area (Å²) in [5, 5.41) is 10.2. The third-order valence-corrected chi connectivity index (χ3v) is 4.32. The number of aliphatic hydroxyl groups is 1. The van der Waals surface area contributed by atoms with Gasteiger partial charge in [0, 0.05) is 31.7 Å². The molecule has 1 aromatic carbocycles. The maximum atomic E-state index is 12.5. The lowest BCUT2D eigenvalue weighted by Gasteiger charge is -2.34. The molecule has 0 saturated heterocycles. The third kappa shape index (κ3) is 5.46. The van der Waals surface area contributed by atoms with Crippen molar-refractivity contribution in [2.75, 3.05) is 31.1 Å². The van der Waals surface area contributed by atoms with Crippen molar-refractivity contribution in [2.24, 2.45) is 0 Å². The number of nitrogens with zero attached hydrogens (tertiary/aromatic N) is 2.